The summed E-state index contributed by atoms with van der Waals surface area (Å²) in [4.78, 5) is 11.6. The lowest BCUT2D eigenvalue weighted by atomic mass is 10.1. The first-order valence-corrected chi connectivity index (χ1v) is 8.73. The number of rotatable bonds is 6. The lowest BCUT2D eigenvalue weighted by molar-refractivity contribution is -0.142. The molecule has 4 heteroatoms. The van der Waals surface area contributed by atoms with Gasteiger partial charge >= 0.3 is 5.97 Å². The van der Waals surface area contributed by atoms with E-state index in [1.807, 2.05) is 50.2 Å². The van der Waals surface area contributed by atoms with Gasteiger partial charge in [0, 0.05) is 9.99 Å². The fraction of sp³-hybridized carbons (Fsp3) is 0.278. The molecule has 0 aromatic heterocycles. The number of hydrogen-bond donors (Lipinski definition) is 0. The van der Waals surface area contributed by atoms with Crippen molar-refractivity contribution in [1.82, 2.24) is 0 Å². The highest BCUT2D eigenvalue weighted by molar-refractivity contribution is 14.1. The minimum absolute atomic E-state index is 0.218. The van der Waals surface area contributed by atoms with Gasteiger partial charge in [-0.3, -0.25) is 4.79 Å². The van der Waals surface area contributed by atoms with E-state index in [9.17, 15) is 4.79 Å². The van der Waals surface area contributed by atoms with E-state index in [0.717, 1.165) is 32.6 Å². The van der Waals surface area contributed by atoms with E-state index in [4.69, 9.17) is 9.47 Å². The zero-order chi connectivity index (χ0) is 15.9. The smallest absolute Gasteiger partial charge is 0.310 e. The molecule has 2 rings (SSSR count). The number of carbonyl (C=O) groups is 1. The van der Waals surface area contributed by atoms with Crippen LogP contribution in [-0.2, 0) is 20.4 Å². The SMILES string of the molecule is CCOC(=O)Cc1ccc(C)c(Oc2ccccc2CI)c1. The van der Waals surface area contributed by atoms with Crippen molar-refractivity contribution in [2.45, 2.75) is 24.7 Å². The van der Waals surface area contributed by atoms with Gasteiger partial charge in [-0.1, -0.05) is 52.9 Å². The molecule has 3 nitrogen and oxygen atoms in total. The molecule has 0 fully saturated rings. The molecule has 0 spiro atoms. The topological polar surface area (TPSA) is 35.5 Å². The Morgan fingerprint density at radius 2 is 1.91 bits per heavy atom. The molecule has 0 atom stereocenters. The van der Waals surface area contributed by atoms with Gasteiger partial charge in [0.2, 0.25) is 0 Å². The highest BCUT2D eigenvalue weighted by atomic mass is 127. The maximum Gasteiger partial charge on any atom is 0.310 e. The highest BCUT2D eigenvalue weighted by Crippen LogP contribution is 2.30. The quantitative estimate of drug-likeness (QED) is 0.389. The molecule has 0 aliphatic carbocycles. The zero-order valence-corrected chi connectivity index (χ0v) is 14.9. The van der Waals surface area contributed by atoms with E-state index >= 15 is 0 Å². The van der Waals surface area contributed by atoms with Crippen LogP contribution in [0.25, 0.3) is 0 Å². The van der Waals surface area contributed by atoms with E-state index in [0.29, 0.717) is 6.61 Å². The van der Waals surface area contributed by atoms with Crippen molar-refractivity contribution >= 4 is 28.6 Å². The first-order chi connectivity index (χ1) is 10.6. The number of aryl methyl sites for hydroxylation is 1. The van der Waals surface area contributed by atoms with Crippen molar-refractivity contribution in [2.24, 2.45) is 0 Å². The van der Waals surface area contributed by atoms with Gasteiger partial charge in [0.15, 0.2) is 0 Å². The highest BCUT2D eigenvalue weighted by Gasteiger charge is 2.09. The van der Waals surface area contributed by atoms with Gasteiger partial charge < -0.3 is 9.47 Å². The van der Waals surface area contributed by atoms with Crippen molar-refractivity contribution in [3.05, 3.63) is 59.2 Å². The van der Waals surface area contributed by atoms with E-state index in [1.54, 1.807) is 0 Å². The second-order valence-electron chi connectivity index (χ2n) is 4.93. The number of ether oxygens (including phenoxy) is 2. The number of hydrogen-bond acceptors (Lipinski definition) is 3. The van der Waals surface area contributed by atoms with Gasteiger partial charge in [0.05, 0.1) is 13.0 Å². The Hall–Kier alpha value is -1.56. The van der Waals surface area contributed by atoms with Gasteiger partial charge in [-0.05, 0) is 37.1 Å². The lowest BCUT2D eigenvalue weighted by Gasteiger charge is -2.13. The Balaban J connectivity index is 2.21. The Kier molecular flexibility index (Phi) is 6.24. The van der Waals surface area contributed by atoms with Gasteiger partial charge in [0.25, 0.3) is 0 Å². The van der Waals surface area contributed by atoms with Crippen LogP contribution in [0.3, 0.4) is 0 Å². The summed E-state index contributed by atoms with van der Waals surface area (Å²) in [5.74, 6) is 1.41. The van der Waals surface area contributed by atoms with Gasteiger partial charge in [0.1, 0.15) is 11.5 Å². The summed E-state index contributed by atoms with van der Waals surface area (Å²) in [6.45, 7) is 4.20. The van der Waals surface area contributed by atoms with Crippen LogP contribution in [-0.4, -0.2) is 12.6 Å². The molecule has 2 aromatic rings. The third kappa shape index (κ3) is 4.47. The molecule has 0 aliphatic rings. The zero-order valence-electron chi connectivity index (χ0n) is 12.8. The summed E-state index contributed by atoms with van der Waals surface area (Å²) >= 11 is 2.32. The molecule has 0 amide bonds. The first-order valence-electron chi connectivity index (χ1n) is 7.21. The van der Waals surface area contributed by atoms with Crippen LogP contribution in [0.4, 0.5) is 0 Å². The Morgan fingerprint density at radius 3 is 2.64 bits per heavy atom. The molecule has 2 aromatic carbocycles. The molecule has 0 bridgehead atoms. The maximum atomic E-state index is 11.6. The van der Waals surface area contributed by atoms with Crippen molar-refractivity contribution in [2.75, 3.05) is 6.61 Å². The molecule has 22 heavy (non-hydrogen) atoms. The summed E-state index contributed by atoms with van der Waals surface area (Å²) in [5.41, 5.74) is 3.08. The molecule has 0 aliphatic heterocycles. The molecule has 116 valence electrons. The molecular weight excluding hydrogens is 391 g/mol. The van der Waals surface area contributed by atoms with Crippen LogP contribution in [0.2, 0.25) is 0 Å². The third-order valence-corrected chi connectivity index (χ3v) is 4.06. The van der Waals surface area contributed by atoms with Crippen LogP contribution >= 0.6 is 22.6 Å². The summed E-state index contributed by atoms with van der Waals surface area (Å²) in [6.07, 6.45) is 0.262. The number of para-hydroxylation sites is 1. The Bertz CT molecular complexity index is 653. The largest absolute Gasteiger partial charge is 0.466 e. The van der Waals surface area contributed by atoms with Crippen molar-refractivity contribution in [1.29, 1.82) is 0 Å². The van der Waals surface area contributed by atoms with Crippen molar-refractivity contribution in [3.8, 4) is 11.5 Å². The number of carbonyl (C=O) groups excluding carboxylic acids is 1. The van der Waals surface area contributed by atoms with Crippen molar-refractivity contribution < 1.29 is 14.3 Å². The fourth-order valence-corrected chi connectivity index (χ4v) is 2.71. The summed E-state index contributed by atoms with van der Waals surface area (Å²) in [5, 5.41) is 0. The second-order valence-corrected chi connectivity index (χ2v) is 5.69. The molecule has 0 saturated carbocycles. The van der Waals surface area contributed by atoms with Gasteiger partial charge in [-0.25, -0.2) is 0 Å². The van der Waals surface area contributed by atoms with Crippen LogP contribution in [0, 0.1) is 6.92 Å². The van der Waals surface area contributed by atoms with Gasteiger partial charge in [-0.2, -0.15) is 0 Å². The normalized spacial score (nSPS) is 10.3. The second kappa shape index (κ2) is 8.17. The minimum atomic E-state index is -0.218. The minimum Gasteiger partial charge on any atom is -0.466 e. The Morgan fingerprint density at radius 1 is 1.14 bits per heavy atom. The molecule has 0 heterocycles. The van der Waals surface area contributed by atoms with Crippen LogP contribution in [0.15, 0.2) is 42.5 Å². The summed E-state index contributed by atoms with van der Waals surface area (Å²) in [6, 6.07) is 13.8. The van der Waals surface area contributed by atoms with E-state index in [2.05, 4.69) is 28.7 Å². The predicted octanol–water partition coefficient (Wildman–Crippen LogP) is 4.83. The predicted molar refractivity (Wildman–Crippen MR) is 95.8 cm³/mol. The standard InChI is InChI=1S/C18H19IO3/c1-3-21-18(20)11-14-9-8-13(2)17(10-14)22-16-7-5-4-6-15(16)12-19/h4-10H,3,11-12H2,1-2H3. The van der Waals surface area contributed by atoms with Crippen LogP contribution < -0.4 is 4.74 Å². The number of alkyl halides is 1. The average molecular weight is 410 g/mol. The van der Waals surface area contributed by atoms with E-state index in [-0.39, 0.29) is 12.4 Å². The van der Waals surface area contributed by atoms with Crippen molar-refractivity contribution in [3.63, 3.8) is 0 Å². The monoisotopic (exact) mass is 410 g/mol. The number of esters is 1. The average Bonchev–Trinajstić information content (AvgIpc) is 2.51. The molecule has 0 radical (unpaired) electrons. The number of halogens is 1. The maximum absolute atomic E-state index is 11.6. The molecular formula is C18H19IO3. The fourth-order valence-electron chi connectivity index (χ4n) is 2.08. The number of benzene rings is 2. The van der Waals surface area contributed by atoms with E-state index in [1.165, 1.54) is 0 Å². The summed E-state index contributed by atoms with van der Waals surface area (Å²) in [7, 11) is 0. The lowest BCUT2D eigenvalue weighted by Crippen LogP contribution is -2.07. The van der Waals surface area contributed by atoms with Crippen LogP contribution in [0.5, 0.6) is 11.5 Å². The molecule has 0 unspecified atom stereocenters. The van der Waals surface area contributed by atoms with Crippen LogP contribution in [0.1, 0.15) is 23.6 Å². The van der Waals surface area contributed by atoms with E-state index < -0.39 is 0 Å². The Labute approximate surface area is 144 Å². The van der Waals surface area contributed by atoms with Gasteiger partial charge in [-0.15, -0.1) is 0 Å². The molecule has 0 saturated heterocycles. The first kappa shape index (κ1) is 16.8. The third-order valence-electron chi connectivity index (χ3n) is 3.24. The summed E-state index contributed by atoms with van der Waals surface area (Å²) < 4.78 is 11.9. The molecule has 0 N–H and O–H groups in total.